The molecule has 0 unspecified atom stereocenters. The van der Waals surface area contributed by atoms with Gasteiger partial charge in [0.25, 0.3) is 5.91 Å². The predicted molar refractivity (Wildman–Crippen MR) is 111 cm³/mol. The number of amides is 1. The summed E-state index contributed by atoms with van der Waals surface area (Å²) in [5.41, 5.74) is 2.20. The molecule has 0 bridgehead atoms. The van der Waals surface area contributed by atoms with Gasteiger partial charge in [0.15, 0.2) is 11.5 Å². The number of carbonyl (C=O) groups excluding carboxylic acids is 1. The van der Waals surface area contributed by atoms with Crippen molar-refractivity contribution in [2.45, 2.75) is 13.8 Å². The maximum Gasteiger partial charge on any atom is 0.278 e. The van der Waals surface area contributed by atoms with Crippen LogP contribution in [0.5, 0.6) is 11.5 Å². The molecule has 1 amide bonds. The summed E-state index contributed by atoms with van der Waals surface area (Å²) in [4.78, 5) is 24.5. The number of hydrogen-bond acceptors (Lipinski definition) is 6. The zero-order valence-electron chi connectivity index (χ0n) is 16.5. The molecule has 1 heterocycles. The minimum atomic E-state index is -0.355. The Kier molecular flexibility index (Phi) is 5.93. The number of para-hydroxylation sites is 2. The van der Waals surface area contributed by atoms with Crippen LogP contribution in [-0.2, 0) is 0 Å². The van der Waals surface area contributed by atoms with Crippen molar-refractivity contribution in [2.75, 3.05) is 37.5 Å². The second kappa shape index (κ2) is 8.56. The number of aromatic nitrogens is 2. The fourth-order valence-electron chi connectivity index (χ4n) is 2.98. The second-order valence-corrected chi connectivity index (χ2v) is 6.08. The van der Waals surface area contributed by atoms with E-state index in [0.29, 0.717) is 41.6 Å². The van der Waals surface area contributed by atoms with Gasteiger partial charge in [-0.1, -0.05) is 12.1 Å². The number of fused-ring (bicyclic) bond motifs is 1. The Balaban J connectivity index is 2.06. The van der Waals surface area contributed by atoms with Gasteiger partial charge < -0.3 is 19.7 Å². The third-order valence-electron chi connectivity index (χ3n) is 4.49. The van der Waals surface area contributed by atoms with Gasteiger partial charge in [-0.2, -0.15) is 0 Å². The highest BCUT2D eigenvalue weighted by molar-refractivity contribution is 6.08. The van der Waals surface area contributed by atoms with Crippen molar-refractivity contribution < 1.29 is 14.3 Å². The van der Waals surface area contributed by atoms with Gasteiger partial charge in [0.05, 0.1) is 30.9 Å². The molecule has 0 aliphatic heterocycles. The number of nitrogens with zero attached hydrogens (tertiary/aromatic N) is 3. The Morgan fingerprint density at radius 1 is 1.00 bits per heavy atom. The molecule has 146 valence electrons. The lowest BCUT2D eigenvalue weighted by atomic mass is 10.2. The van der Waals surface area contributed by atoms with E-state index in [-0.39, 0.29) is 11.6 Å². The van der Waals surface area contributed by atoms with Crippen LogP contribution < -0.4 is 19.7 Å². The number of anilines is 2. The Morgan fingerprint density at radius 2 is 1.68 bits per heavy atom. The van der Waals surface area contributed by atoms with E-state index in [1.54, 1.807) is 32.4 Å². The molecule has 2 aromatic carbocycles. The summed E-state index contributed by atoms with van der Waals surface area (Å²) >= 11 is 0. The Hall–Kier alpha value is -3.35. The lowest BCUT2D eigenvalue weighted by Crippen LogP contribution is -2.28. The third kappa shape index (κ3) is 3.83. The van der Waals surface area contributed by atoms with E-state index in [9.17, 15) is 4.79 Å². The molecule has 28 heavy (non-hydrogen) atoms. The van der Waals surface area contributed by atoms with Crippen molar-refractivity contribution in [3.05, 3.63) is 48.2 Å². The van der Waals surface area contributed by atoms with Crippen molar-refractivity contribution in [1.82, 2.24) is 9.97 Å². The van der Waals surface area contributed by atoms with Gasteiger partial charge in [0, 0.05) is 19.2 Å². The lowest BCUT2D eigenvalue weighted by Gasteiger charge is -2.22. The summed E-state index contributed by atoms with van der Waals surface area (Å²) < 4.78 is 10.6. The first-order chi connectivity index (χ1) is 13.6. The van der Waals surface area contributed by atoms with Crippen molar-refractivity contribution >= 4 is 28.4 Å². The number of benzene rings is 2. The van der Waals surface area contributed by atoms with Crippen molar-refractivity contribution in [3.8, 4) is 11.5 Å². The molecule has 7 nitrogen and oxygen atoms in total. The first-order valence-electron chi connectivity index (χ1n) is 9.16. The zero-order valence-corrected chi connectivity index (χ0v) is 16.5. The van der Waals surface area contributed by atoms with Gasteiger partial charge in [0.2, 0.25) is 0 Å². The molecule has 0 saturated heterocycles. The van der Waals surface area contributed by atoms with E-state index in [0.717, 1.165) is 5.52 Å². The number of ether oxygens (including phenoxy) is 2. The number of carbonyl (C=O) groups is 1. The van der Waals surface area contributed by atoms with E-state index >= 15 is 0 Å². The molecule has 1 N–H and O–H groups in total. The van der Waals surface area contributed by atoms with Crippen LogP contribution in [0.15, 0.2) is 42.5 Å². The average Bonchev–Trinajstić information content (AvgIpc) is 2.74. The van der Waals surface area contributed by atoms with E-state index in [2.05, 4.69) is 10.3 Å². The fraction of sp³-hybridized carbons (Fsp3) is 0.286. The van der Waals surface area contributed by atoms with Crippen molar-refractivity contribution in [2.24, 2.45) is 0 Å². The lowest BCUT2D eigenvalue weighted by molar-refractivity contribution is 0.102. The first kappa shape index (κ1) is 19.4. The highest BCUT2D eigenvalue weighted by atomic mass is 16.5. The molecule has 0 atom stereocenters. The van der Waals surface area contributed by atoms with E-state index in [4.69, 9.17) is 14.5 Å². The summed E-state index contributed by atoms with van der Waals surface area (Å²) in [5, 5.41) is 2.89. The fourth-order valence-corrected chi connectivity index (χ4v) is 2.98. The highest BCUT2D eigenvalue weighted by Crippen LogP contribution is 2.30. The molecule has 7 heteroatoms. The highest BCUT2D eigenvalue weighted by Gasteiger charge is 2.21. The van der Waals surface area contributed by atoms with Crippen molar-refractivity contribution in [1.29, 1.82) is 0 Å². The maximum atomic E-state index is 13.1. The normalized spacial score (nSPS) is 10.6. The Bertz CT molecular complexity index is 987. The topological polar surface area (TPSA) is 76.6 Å². The van der Waals surface area contributed by atoms with Gasteiger partial charge in [0.1, 0.15) is 11.5 Å². The van der Waals surface area contributed by atoms with Crippen LogP contribution in [0.4, 0.5) is 11.5 Å². The quantitative estimate of drug-likeness (QED) is 0.673. The van der Waals surface area contributed by atoms with Gasteiger partial charge in [-0.05, 0) is 38.1 Å². The molecule has 0 saturated carbocycles. The standard InChI is InChI=1S/C21H24N4O3/c1-5-25(6-2)20-19(22-15-9-7-8-10-16(15)23-20)21(26)24-17-13-14(27-3)11-12-18(17)28-4/h7-13H,5-6H2,1-4H3,(H,24,26). The zero-order chi connectivity index (χ0) is 20.1. The molecular formula is C21H24N4O3. The average molecular weight is 380 g/mol. The van der Waals surface area contributed by atoms with Gasteiger partial charge >= 0.3 is 0 Å². The number of nitrogens with one attached hydrogen (secondary N) is 1. The van der Waals surface area contributed by atoms with E-state index < -0.39 is 0 Å². The molecule has 3 rings (SSSR count). The number of methoxy groups -OCH3 is 2. The minimum absolute atomic E-state index is 0.271. The molecule has 0 radical (unpaired) electrons. The molecule has 0 aliphatic rings. The number of rotatable bonds is 7. The van der Waals surface area contributed by atoms with Crippen LogP contribution in [0, 0.1) is 0 Å². The monoisotopic (exact) mass is 380 g/mol. The Labute approximate surface area is 164 Å². The van der Waals surface area contributed by atoms with Crippen LogP contribution in [-0.4, -0.2) is 43.2 Å². The van der Waals surface area contributed by atoms with E-state index in [1.807, 2.05) is 43.0 Å². The summed E-state index contributed by atoms with van der Waals surface area (Å²) in [5.74, 6) is 1.35. The summed E-state index contributed by atoms with van der Waals surface area (Å²) in [6.07, 6.45) is 0. The van der Waals surface area contributed by atoms with Crippen LogP contribution in [0.3, 0.4) is 0 Å². The van der Waals surface area contributed by atoms with Crippen LogP contribution in [0.2, 0.25) is 0 Å². The minimum Gasteiger partial charge on any atom is -0.497 e. The molecule has 0 aliphatic carbocycles. The first-order valence-corrected chi connectivity index (χ1v) is 9.16. The summed E-state index contributed by atoms with van der Waals surface area (Å²) in [7, 11) is 3.12. The Morgan fingerprint density at radius 3 is 2.29 bits per heavy atom. The van der Waals surface area contributed by atoms with Crippen LogP contribution >= 0.6 is 0 Å². The third-order valence-corrected chi connectivity index (χ3v) is 4.49. The van der Waals surface area contributed by atoms with Crippen LogP contribution in [0.1, 0.15) is 24.3 Å². The summed E-state index contributed by atoms with van der Waals surface area (Å²) in [6, 6.07) is 12.7. The smallest absolute Gasteiger partial charge is 0.278 e. The second-order valence-electron chi connectivity index (χ2n) is 6.08. The van der Waals surface area contributed by atoms with E-state index in [1.165, 1.54) is 0 Å². The molecule has 0 spiro atoms. The SMILES string of the molecule is CCN(CC)c1nc2ccccc2nc1C(=O)Nc1cc(OC)ccc1OC. The maximum absolute atomic E-state index is 13.1. The van der Waals surface area contributed by atoms with Crippen molar-refractivity contribution in [3.63, 3.8) is 0 Å². The molecule has 3 aromatic rings. The van der Waals surface area contributed by atoms with Gasteiger partial charge in [-0.15, -0.1) is 0 Å². The predicted octanol–water partition coefficient (Wildman–Crippen LogP) is 3.75. The molecule has 1 aromatic heterocycles. The molecule has 0 fully saturated rings. The van der Waals surface area contributed by atoms with Gasteiger partial charge in [-0.3, -0.25) is 4.79 Å². The summed E-state index contributed by atoms with van der Waals surface area (Å²) in [6.45, 7) is 5.47. The largest absolute Gasteiger partial charge is 0.497 e. The van der Waals surface area contributed by atoms with Gasteiger partial charge in [-0.25, -0.2) is 9.97 Å². The van der Waals surface area contributed by atoms with Crippen LogP contribution in [0.25, 0.3) is 11.0 Å². The molecular weight excluding hydrogens is 356 g/mol. The number of hydrogen-bond donors (Lipinski definition) is 1.